The van der Waals surface area contributed by atoms with Gasteiger partial charge in [-0.15, -0.1) is 0 Å². The van der Waals surface area contributed by atoms with Crippen molar-refractivity contribution in [3.63, 3.8) is 0 Å². The minimum absolute atomic E-state index is 0.0149. The van der Waals surface area contributed by atoms with E-state index < -0.39 is 5.41 Å². The first-order valence-corrected chi connectivity index (χ1v) is 9.37. The van der Waals surface area contributed by atoms with Crippen LogP contribution in [0, 0.1) is 11.3 Å². The van der Waals surface area contributed by atoms with E-state index in [1.165, 1.54) is 6.08 Å². The van der Waals surface area contributed by atoms with Gasteiger partial charge in [0, 0.05) is 18.3 Å². The normalized spacial score (nSPS) is 16.0. The highest BCUT2D eigenvalue weighted by molar-refractivity contribution is 6.03. The minimum atomic E-state index is -0.622. The summed E-state index contributed by atoms with van der Waals surface area (Å²) in [5.74, 6) is 1.26. The minimum Gasteiger partial charge on any atom is -0.490 e. The van der Waals surface area contributed by atoms with Crippen molar-refractivity contribution in [2.75, 3.05) is 23.4 Å². The Morgan fingerprint density at radius 2 is 2.11 bits per heavy atom. The van der Waals surface area contributed by atoms with E-state index in [4.69, 9.17) is 9.15 Å². The third kappa shape index (κ3) is 4.44. The molecule has 3 rings (SSSR count). The van der Waals surface area contributed by atoms with Crippen LogP contribution in [0.2, 0.25) is 0 Å². The van der Waals surface area contributed by atoms with Crippen LogP contribution in [-0.4, -0.2) is 25.0 Å². The molecule has 28 heavy (non-hydrogen) atoms. The lowest BCUT2D eigenvalue weighted by molar-refractivity contribution is -0.127. The summed E-state index contributed by atoms with van der Waals surface area (Å²) in [6.45, 7) is 8.79. The van der Waals surface area contributed by atoms with Gasteiger partial charge in [0.2, 0.25) is 11.8 Å². The van der Waals surface area contributed by atoms with E-state index in [-0.39, 0.29) is 11.8 Å². The second-order valence-corrected chi connectivity index (χ2v) is 8.00. The number of furan rings is 1. The summed E-state index contributed by atoms with van der Waals surface area (Å²) in [6, 6.07) is 8.87. The van der Waals surface area contributed by atoms with Crippen LogP contribution in [0.15, 0.2) is 47.1 Å². The molecular formula is C22H26N2O4. The second kappa shape index (κ2) is 7.92. The van der Waals surface area contributed by atoms with Gasteiger partial charge in [-0.05, 0) is 56.2 Å². The van der Waals surface area contributed by atoms with Gasteiger partial charge in [-0.25, -0.2) is 0 Å². The van der Waals surface area contributed by atoms with Crippen LogP contribution in [0.4, 0.5) is 11.4 Å². The van der Waals surface area contributed by atoms with E-state index >= 15 is 0 Å². The highest BCUT2D eigenvalue weighted by Gasteiger charge is 2.38. The van der Waals surface area contributed by atoms with Gasteiger partial charge in [0.1, 0.15) is 18.1 Å². The molecule has 0 saturated heterocycles. The summed E-state index contributed by atoms with van der Waals surface area (Å²) in [6.07, 6.45) is 4.55. The summed E-state index contributed by atoms with van der Waals surface area (Å²) < 4.78 is 11.1. The maximum absolute atomic E-state index is 13.1. The molecule has 0 radical (unpaired) electrons. The van der Waals surface area contributed by atoms with Gasteiger partial charge < -0.3 is 19.4 Å². The summed E-state index contributed by atoms with van der Waals surface area (Å²) >= 11 is 0. The smallest absolute Gasteiger partial charge is 0.248 e. The maximum atomic E-state index is 13.1. The first kappa shape index (κ1) is 19.7. The number of rotatable bonds is 5. The molecule has 0 unspecified atom stereocenters. The zero-order valence-electron chi connectivity index (χ0n) is 16.7. The van der Waals surface area contributed by atoms with Crippen LogP contribution in [-0.2, 0) is 9.59 Å². The average Bonchev–Trinajstić information content (AvgIpc) is 3.13. The Bertz CT molecular complexity index is 882. The molecule has 1 aromatic carbocycles. The van der Waals surface area contributed by atoms with E-state index in [0.717, 1.165) is 0 Å². The fraction of sp³-hybridized carbons (Fsp3) is 0.364. The lowest BCUT2D eigenvalue weighted by atomic mass is 9.92. The van der Waals surface area contributed by atoms with Crippen molar-refractivity contribution in [2.45, 2.75) is 27.7 Å². The Hall–Kier alpha value is -3.02. The molecule has 0 aliphatic carbocycles. The fourth-order valence-corrected chi connectivity index (χ4v) is 3.00. The van der Waals surface area contributed by atoms with Gasteiger partial charge in [0.15, 0.2) is 0 Å². The first-order valence-electron chi connectivity index (χ1n) is 9.37. The Morgan fingerprint density at radius 3 is 2.79 bits per heavy atom. The Morgan fingerprint density at radius 1 is 1.32 bits per heavy atom. The number of carbonyl (C=O) groups excluding carboxylic acids is 2. The van der Waals surface area contributed by atoms with Gasteiger partial charge in [0.25, 0.3) is 0 Å². The van der Waals surface area contributed by atoms with E-state index in [1.54, 1.807) is 47.6 Å². The van der Waals surface area contributed by atoms with Crippen LogP contribution < -0.4 is 15.0 Å². The van der Waals surface area contributed by atoms with Gasteiger partial charge in [-0.3, -0.25) is 9.59 Å². The number of amides is 2. The third-order valence-corrected chi connectivity index (χ3v) is 4.42. The van der Waals surface area contributed by atoms with Crippen molar-refractivity contribution in [2.24, 2.45) is 11.3 Å². The predicted molar refractivity (Wildman–Crippen MR) is 109 cm³/mol. The maximum Gasteiger partial charge on any atom is 0.248 e. The van der Waals surface area contributed by atoms with Crippen LogP contribution >= 0.6 is 0 Å². The van der Waals surface area contributed by atoms with E-state index in [1.807, 2.05) is 13.8 Å². The zero-order valence-corrected chi connectivity index (χ0v) is 16.7. The van der Waals surface area contributed by atoms with E-state index in [0.29, 0.717) is 42.0 Å². The molecule has 6 heteroatoms. The van der Waals surface area contributed by atoms with Crippen molar-refractivity contribution in [1.29, 1.82) is 0 Å². The summed E-state index contributed by atoms with van der Waals surface area (Å²) in [5, 5.41) is 2.82. The van der Waals surface area contributed by atoms with E-state index in [2.05, 4.69) is 19.2 Å². The molecule has 0 fully saturated rings. The third-order valence-electron chi connectivity index (χ3n) is 4.42. The highest BCUT2D eigenvalue weighted by atomic mass is 16.5. The van der Waals surface area contributed by atoms with Crippen molar-refractivity contribution >= 4 is 29.3 Å². The monoisotopic (exact) mass is 382 g/mol. The van der Waals surface area contributed by atoms with Gasteiger partial charge >= 0.3 is 0 Å². The van der Waals surface area contributed by atoms with Crippen molar-refractivity contribution in [1.82, 2.24) is 0 Å². The van der Waals surface area contributed by atoms with Gasteiger partial charge in [-0.2, -0.15) is 0 Å². The summed E-state index contributed by atoms with van der Waals surface area (Å²) in [4.78, 5) is 27.1. The Kier molecular flexibility index (Phi) is 5.58. The van der Waals surface area contributed by atoms with E-state index in [9.17, 15) is 9.59 Å². The quantitative estimate of drug-likeness (QED) is 0.781. The SMILES string of the molecule is CC(C)CN1C(=O)C(C)(C)COc2ccc(NC(=O)/C=C/c3ccco3)cc21. The molecule has 1 aliphatic rings. The number of carbonyl (C=O) groups is 2. The van der Waals surface area contributed by atoms with Crippen molar-refractivity contribution in [3.05, 3.63) is 48.4 Å². The lowest BCUT2D eigenvalue weighted by Crippen LogP contribution is -2.43. The Labute approximate surface area is 165 Å². The molecule has 2 aromatic rings. The topological polar surface area (TPSA) is 71.8 Å². The number of fused-ring (bicyclic) bond motifs is 1. The van der Waals surface area contributed by atoms with Gasteiger partial charge in [0.05, 0.1) is 17.4 Å². The number of benzene rings is 1. The molecule has 148 valence electrons. The van der Waals surface area contributed by atoms with Crippen LogP contribution in [0.1, 0.15) is 33.5 Å². The molecule has 0 bridgehead atoms. The molecule has 1 N–H and O–H groups in total. The molecule has 2 amide bonds. The molecule has 6 nitrogen and oxygen atoms in total. The molecule has 1 aliphatic heterocycles. The van der Waals surface area contributed by atoms with Gasteiger partial charge in [-0.1, -0.05) is 13.8 Å². The number of hydrogen-bond acceptors (Lipinski definition) is 4. The number of ether oxygens (including phenoxy) is 1. The molecule has 0 spiro atoms. The largest absolute Gasteiger partial charge is 0.490 e. The lowest BCUT2D eigenvalue weighted by Gasteiger charge is -2.29. The molecular weight excluding hydrogens is 356 g/mol. The highest BCUT2D eigenvalue weighted by Crippen LogP contribution is 2.38. The number of hydrogen-bond donors (Lipinski definition) is 1. The summed E-state index contributed by atoms with van der Waals surface area (Å²) in [5.41, 5.74) is 0.651. The molecule has 0 saturated carbocycles. The molecule has 1 aromatic heterocycles. The first-order chi connectivity index (χ1) is 13.3. The molecule has 0 atom stereocenters. The van der Waals surface area contributed by atoms with Crippen LogP contribution in [0.25, 0.3) is 6.08 Å². The second-order valence-electron chi connectivity index (χ2n) is 8.00. The average molecular weight is 382 g/mol. The van der Waals surface area contributed by atoms with Crippen molar-refractivity contribution < 1.29 is 18.7 Å². The fourth-order valence-electron chi connectivity index (χ4n) is 3.00. The number of anilines is 2. The van der Waals surface area contributed by atoms with Crippen LogP contribution in [0.5, 0.6) is 5.75 Å². The number of nitrogens with zero attached hydrogens (tertiary/aromatic N) is 1. The Balaban J connectivity index is 1.85. The van der Waals surface area contributed by atoms with Crippen LogP contribution in [0.3, 0.4) is 0 Å². The standard InChI is InChI=1S/C22H26N2O4/c1-15(2)13-24-18-12-16(23-20(25)10-8-17-6-5-11-27-17)7-9-19(18)28-14-22(3,4)21(24)26/h5-12,15H,13-14H2,1-4H3,(H,23,25)/b10-8+. The predicted octanol–water partition coefficient (Wildman–Crippen LogP) is 4.34. The molecule has 2 heterocycles. The summed E-state index contributed by atoms with van der Waals surface area (Å²) in [7, 11) is 0. The number of nitrogens with one attached hydrogen (secondary N) is 1. The van der Waals surface area contributed by atoms with Crippen molar-refractivity contribution in [3.8, 4) is 5.75 Å². The zero-order chi connectivity index (χ0) is 20.3.